The van der Waals surface area contributed by atoms with Crippen LogP contribution in [0.4, 0.5) is 5.69 Å². The van der Waals surface area contributed by atoms with Gasteiger partial charge in [0.2, 0.25) is 0 Å². The van der Waals surface area contributed by atoms with Gasteiger partial charge in [-0.15, -0.1) is 0 Å². The summed E-state index contributed by atoms with van der Waals surface area (Å²) in [4.78, 5) is 28.2. The van der Waals surface area contributed by atoms with E-state index in [2.05, 4.69) is 45.9 Å². The Labute approximate surface area is 219 Å². The van der Waals surface area contributed by atoms with Crippen molar-refractivity contribution in [2.75, 3.05) is 31.5 Å². The van der Waals surface area contributed by atoms with Crippen LogP contribution in [0.2, 0.25) is 5.02 Å². The number of benzene rings is 2. The quantitative estimate of drug-likeness (QED) is 0.502. The molecule has 0 aliphatic carbocycles. The Morgan fingerprint density at radius 2 is 1.58 bits per heavy atom. The first-order valence-electron chi connectivity index (χ1n) is 12.7. The summed E-state index contributed by atoms with van der Waals surface area (Å²) in [5, 5.41) is 15.7. The third-order valence-corrected chi connectivity index (χ3v) is 6.70. The molecule has 36 heavy (non-hydrogen) atoms. The van der Waals surface area contributed by atoms with Crippen LogP contribution < -0.4 is 10.6 Å². The molecule has 8 heteroatoms. The number of carbonyl (C=O) groups excluding carboxylic acids is 2. The fourth-order valence-electron chi connectivity index (χ4n) is 4.44. The molecule has 1 saturated heterocycles. The standard InChI is InChI=1S/C24H32ClN3.C3H6O2.CO2/c25-23-10-9-21-11-13-26-14-12-22(21)24(23)27-17-19-5-7-20(8-6-19)18-28-15-3-1-2-4-16-28;1-2-3(4)5;2-1-3/h5-10,26-27H,1-4,11-18H2;2H2,1H3,(H,4,5);. The van der Waals surface area contributed by atoms with Crippen LogP contribution in [-0.2, 0) is 40.3 Å². The minimum atomic E-state index is -0.745. The number of hydrogen-bond acceptors (Lipinski definition) is 6. The molecule has 196 valence electrons. The fourth-order valence-corrected chi connectivity index (χ4v) is 4.68. The van der Waals surface area contributed by atoms with E-state index >= 15 is 0 Å². The van der Waals surface area contributed by atoms with E-state index in [9.17, 15) is 4.79 Å². The number of fused-ring (bicyclic) bond motifs is 1. The molecule has 7 nitrogen and oxygen atoms in total. The topological polar surface area (TPSA) is 98.7 Å². The van der Waals surface area contributed by atoms with Crippen LogP contribution in [0.15, 0.2) is 36.4 Å². The predicted molar refractivity (Wildman–Crippen MR) is 142 cm³/mol. The molecule has 2 aliphatic heterocycles. The molecule has 0 saturated carbocycles. The molecule has 4 rings (SSSR count). The van der Waals surface area contributed by atoms with Crippen LogP contribution in [0, 0.1) is 0 Å². The molecule has 1 fully saturated rings. The molecule has 2 aromatic carbocycles. The highest BCUT2D eigenvalue weighted by atomic mass is 35.5. The summed E-state index contributed by atoms with van der Waals surface area (Å²) in [5.74, 6) is -0.745. The minimum absolute atomic E-state index is 0.222. The monoisotopic (exact) mass is 515 g/mol. The second kappa shape index (κ2) is 16.9. The van der Waals surface area contributed by atoms with E-state index in [0.717, 1.165) is 49.7 Å². The molecule has 0 aromatic heterocycles. The summed E-state index contributed by atoms with van der Waals surface area (Å²) in [5.41, 5.74) is 6.65. The lowest BCUT2D eigenvalue weighted by Crippen LogP contribution is -2.23. The van der Waals surface area contributed by atoms with E-state index in [1.165, 1.54) is 61.0 Å². The molecule has 2 aliphatic rings. The van der Waals surface area contributed by atoms with Crippen LogP contribution in [0.25, 0.3) is 0 Å². The highest BCUT2D eigenvalue weighted by Crippen LogP contribution is 2.31. The number of aliphatic carboxylic acids is 1. The van der Waals surface area contributed by atoms with Crippen LogP contribution in [0.1, 0.15) is 61.3 Å². The van der Waals surface area contributed by atoms with Gasteiger partial charge < -0.3 is 15.7 Å². The lowest BCUT2D eigenvalue weighted by molar-refractivity contribution is -0.191. The number of carbonyl (C=O) groups is 1. The molecule has 2 aromatic rings. The van der Waals surface area contributed by atoms with Gasteiger partial charge in [0.1, 0.15) is 0 Å². The Morgan fingerprint density at radius 3 is 2.19 bits per heavy atom. The van der Waals surface area contributed by atoms with Crippen molar-refractivity contribution in [2.24, 2.45) is 0 Å². The highest BCUT2D eigenvalue weighted by molar-refractivity contribution is 6.33. The Kier molecular flexibility index (Phi) is 13.8. The summed E-state index contributed by atoms with van der Waals surface area (Å²) < 4.78 is 0. The molecule has 0 unspecified atom stereocenters. The first-order chi connectivity index (χ1) is 17.5. The maximum Gasteiger partial charge on any atom is 0.373 e. The first-order valence-corrected chi connectivity index (χ1v) is 13.1. The summed E-state index contributed by atoms with van der Waals surface area (Å²) in [6.45, 7) is 8.06. The molecular weight excluding hydrogens is 478 g/mol. The van der Waals surface area contributed by atoms with Crippen LogP contribution >= 0.6 is 11.6 Å². The lowest BCUT2D eigenvalue weighted by Gasteiger charge is -2.20. The van der Waals surface area contributed by atoms with Gasteiger partial charge in [-0.3, -0.25) is 9.69 Å². The van der Waals surface area contributed by atoms with Gasteiger partial charge >= 0.3 is 12.1 Å². The zero-order chi connectivity index (χ0) is 26.2. The average molecular weight is 516 g/mol. The van der Waals surface area contributed by atoms with Gasteiger partial charge in [-0.2, -0.15) is 9.59 Å². The number of carboxylic acids is 1. The number of halogens is 1. The van der Waals surface area contributed by atoms with E-state index in [1.807, 2.05) is 6.07 Å². The molecule has 0 bridgehead atoms. The van der Waals surface area contributed by atoms with E-state index in [4.69, 9.17) is 26.3 Å². The SMILES string of the molecule is CCC(=O)O.Clc1ccc2c(c1NCc1ccc(CN3CCCCCC3)cc1)CCNCC2.O=C=O. The molecule has 0 amide bonds. The average Bonchev–Trinajstić information content (AvgIpc) is 3.28. The predicted octanol–water partition coefficient (Wildman–Crippen LogP) is 4.91. The number of nitrogens with one attached hydrogen (secondary N) is 2. The first kappa shape index (κ1) is 29.5. The van der Waals surface area contributed by atoms with Crippen molar-refractivity contribution in [3.8, 4) is 0 Å². The third-order valence-electron chi connectivity index (χ3n) is 6.38. The van der Waals surface area contributed by atoms with E-state index in [-0.39, 0.29) is 12.6 Å². The Hall–Kier alpha value is -2.70. The van der Waals surface area contributed by atoms with Crippen molar-refractivity contribution in [2.45, 2.75) is 65.0 Å². The minimum Gasteiger partial charge on any atom is -0.481 e. The van der Waals surface area contributed by atoms with Crippen molar-refractivity contribution in [1.29, 1.82) is 0 Å². The number of anilines is 1. The second-order valence-corrected chi connectivity index (χ2v) is 9.41. The van der Waals surface area contributed by atoms with Crippen LogP contribution in [-0.4, -0.2) is 48.3 Å². The Balaban J connectivity index is 0.000000501. The third kappa shape index (κ3) is 10.5. The van der Waals surface area contributed by atoms with Crippen LogP contribution in [0.5, 0.6) is 0 Å². The Morgan fingerprint density at radius 1 is 1.00 bits per heavy atom. The zero-order valence-electron chi connectivity index (χ0n) is 21.2. The maximum atomic E-state index is 9.37. The van der Waals surface area contributed by atoms with Gasteiger partial charge in [-0.25, -0.2) is 0 Å². The van der Waals surface area contributed by atoms with Gasteiger partial charge in [0.15, 0.2) is 0 Å². The molecule has 3 N–H and O–H groups in total. The van der Waals surface area contributed by atoms with Crippen LogP contribution in [0.3, 0.4) is 0 Å². The van der Waals surface area contributed by atoms with Gasteiger partial charge in [0, 0.05) is 19.5 Å². The highest BCUT2D eigenvalue weighted by Gasteiger charge is 2.15. The summed E-state index contributed by atoms with van der Waals surface area (Å²) in [6.07, 6.45) is 8.06. The number of likely N-dealkylation sites (tertiary alicyclic amines) is 1. The Bertz CT molecular complexity index is 968. The number of rotatable bonds is 6. The fraction of sp³-hybridized carbons (Fsp3) is 0.500. The number of hydrogen-bond donors (Lipinski definition) is 3. The molecule has 0 spiro atoms. The van der Waals surface area contributed by atoms with Gasteiger partial charge in [0.05, 0.1) is 10.7 Å². The van der Waals surface area contributed by atoms with Crippen molar-refractivity contribution in [1.82, 2.24) is 10.2 Å². The van der Waals surface area contributed by atoms with Gasteiger partial charge in [0.25, 0.3) is 0 Å². The second-order valence-electron chi connectivity index (χ2n) is 9.00. The number of carboxylic acid groups (broad SMARTS) is 1. The lowest BCUT2D eigenvalue weighted by atomic mass is 10.0. The normalized spacial score (nSPS) is 15.4. The molecule has 2 heterocycles. The van der Waals surface area contributed by atoms with Crippen molar-refractivity contribution in [3.05, 3.63) is 63.7 Å². The van der Waals surface area contributed by atoms with Crippen molar-refractivity contribution in [3.63, 3.8) is 0 Å². The van der Waals surface area contributed by atoms with Gasteiger partial charge in [-0.05, 0) is 80.2 Å². The van der Waals surface area contributed by atoms with Gasteiger partial charge in [-0.1, -0.05) is 61.7 Å². The molecule has 0 radical (unpaired) electrons. The summed E-state index contributed by atoms with van der Waals surface area (Å²) >= 11 is 6.54. The number of nitrogens with zero attached hydrogens (tertiary/aromatic N) is 1. The van der Waals surface area contributed by atoms with E-state index in [0.29, 0.717) is 0 Å². The van der Waals surface area contributed by atoms with E-state index in [1.54, 1.807) is 6.92 Å². The maximum absolute atomic E-state index is 9.37. The van der Waals surface area contributed by atoms with Crippen molar-refractivity contribution >= 4 is 29.4 Å². The smallest absolute Gasteiger partial charge is 0.373 e. The summed E-state index contributed by atoms with van der Waals surface area (Å²) in [7, 11) is 0. The zero-order valence-corrected chi connectivity index (χ0v) is 21.9. The van der Waals surface area contributed by atoms with E-state index < -0.39 is 5.97 Å². The summed E-state index contributed by atoms with van der Waals surface area (Å²) in [6, 6.07) is 13.3. The molecular formula is C28H38ClN3O4. The largest absolute Gasteiger partial charge is 0.481 e. The van der Waals surface area contributed by atoms with Crippen molar-refractivity contribution < 1.29 is 19.5 Å². The molecule has 0 atom stereocenters.